The van der Waals surface area contributed by atoms with Crippen LogP contribution in [0.15, 0.2) is 45.6 Å². The van der Waals surface area contributed by atoms with E-state index in [1.54, 1.807) is 11.3 Å². The third-order valence-corrected chi connectivity index (χ3v) is 5.07. The zero-order chi connectivity index (χ0) is 16.4. The lowest BCUT2D eigenvalue weighted by Gasteiger charge is -2.35. The maximum absolute atomic E-state index is 6.08. The molecule has 1 aliphatic rings. The van der Waals surface area contributed by atoms with Gasteiger partial charge in [0.15, 0.2) is 0 Å². The summed E-state index contributed by atoms with van der Waals surface area (Å²) in [6.45, 7) is 4.55. The molecule has 3 aromatic rings. The number of rotatable bonds is 4. The lowest BCUT2D eigenvalue weighted by molar-refractivity contribution is 0.215. The Kier molecular flexibility index (Phi) is 4.51. The summed E-state index contributed by atoms with van der Waals surface area (Å²) < 4.78 is 5.39. The smallest absolute Gasteiger partial charge is 0.241 e. The Balaban J connectivity index is 1.35. The Hall–Kier alpha value is -1.89. The number of halogens is 1. The van der Waals surface area contributed by atoms with Crippen LogP contribution >= 0.6 is 22.9 Å². The maximum Gasteiger partial charge on any atom is 0.241 e. The number of anilines is 1. The number of benzene rings is 1. The summed E-state index contributed by atoms with van der Waals surface area (Å²) in [6, 6.07) is 10.0. The third-order valence-electron chi connectivity index (χ3n) is 4.15. The summed E-state index contributed by atoms with van der Waals surface area (Å²) in [5, 5.41) is 8.89. The Morgan fingerprint density at radius 3 is 2.79 bits per heavy atom. The minimum atomic E-state index is 0.670. The second-order valence-corrected chi connectivity index (χ2v) is 6.98. The monoisotopic (exact) mass is 360 g/mol. The molecule has 1 saturated heterocycles. The zero-order valence-corrected chi connectivity index (χ0v) is 14.6. The molecule has 4 rings (SSSR count). The van der Waals surface area contributed by atoms with Crippen LogP contribution in [0.1, 0.15) is 5.89 Å². The Morgan fingerprint density at radius 1 is 1.17 bits per heavy atom. The fourth-order valence-corrected chi connectivity index (χ4v) is 3.68. The molecule has 0 aliphatic carbocycles. The Labute approximate surface area is 149 Å². The van der Waals surface area contributed by atoms with Crippen molar-refractivity contribution >= 4 is 28.6 Å². The summed E-state index contributed by atoms with van der Waals surface area (Å²) in [5.41, 5.74) is 2.19. The van der Waals surface area contributed by atoms with Crippen LogP contribution in [-0.4, -0.2) is 41.2 Å². The standard InChI is InChI=1S/C17H17ClN4OS/c18-14-2-1-3-15(10-14)22-7-5-21(6-8-22)11-16-19-17(20-23-16)13-4-9-24-12-13/h1-4,9-10,12H,5-8,11H2. The van der Waals surface area contributed by atoms with Crippen molar-refractivity contribution in [1.82, 2.24) is 15.0 Å². The van der Waals surface area contributed by atoms with Gasteiger partial charge in [-0.3, -0.25) is 4.90 Å². The molecule has 1 fully saturated rings. The van der Waals surface area contributed by atoms with Gasteiger partial charge in [-0.1, -0.05) is 22.8 Å². The first-order chi connectivity index (χ1) is 11.8. The highest BCUT2D eigenvalue weighted by molar-refractivity contribution is 7.08. The lowest BCUT2D eigenvalue weighted by Crippen LogP contribution is -2.46. The molecule has 24 heavy (non-hydrogen) atoms. The molecule has 7 heteroatoms. The van der Waals surface area contributed by atoms with Gasteiger partial charge in [-0.05, 0) is 29.6 Å². The Morgan fingerprint density at radius 2 is 2.04 bits per heavy atom. The minimum absolute atomic E-state index is 0.670. The van der Waals surface area contributed by atoms with E-state index in [0.717, 1.165) is 36.8 Å². The van der Waals surface area contributed by atoms with E-state index in [1.165, 1.54) is 5.69 Å². The van der Waals surface area contributed by atoms with Crippen molar-refractivity contribution in [3.63, 3.8) is 0 Å². The quantitative estimate of drug-likeness (QED) is 0.708. The highest BCUT2D eigenvalue weighted by Crippen LogP contribution is 2.22. The molecule has 0 spiro atoms. The van der Waals surface area contributed by atoms with Gasteiger partial charge in [0.1, 0.15) is 0 Å². The van der Waals surface area contributed by atoms with Crippen molar-refractivity contribution in [2.75, 3.05) is 31.1 Å². The van der Waals surface area contributed by atoms with E-state index in [9.17, 15) is 0 Å². The van der Waals surface area contributed by atoms with E-state index in [1.807, 2.05) is 35.0 Å². The van der Waals surface area contributed by atoms with Crippen molar-refractivity contribution in [2.45, 2.75) is 6.54 Å². The molecule has 1 aliphatic heterocycles. The average Bonchev–Trinajstić information content (AvgIpc) is 3.27. The molecular weight excluding hydrogens is 344 g/mol. The van der Waals surface area contributed by atoms with Gasteiger partial charge in [-0.2, -0.15) is 16.3 Å². The van der Waals surface area contributed by atoms with Crippen LogP contribution in [0.5, 0.6) is 0 Å². The van der Waals surface area contributed by atoms with Crippen LogP contribution in [0.3, 0.4) is 0 Å². The van der Waals surface area contributed by atoms with Gasteiger partial charge in [0.05, 0.1) is 6.54 Å². The van der Waals surface area contributed by atoms with Crippen molar-refractivity contribution in [3.05, 3.63) is 52.0 Å². The van der Waals surface area contributed by atoms with Crippen LogP contribution in [0.2, 0.25) is 5.02 Å². The second kappa shape index (κ2) is 6.93. The number of hydrogen-bond donors (Lipinski definition) is 0. The van der Waals surface area contributed by atoms with E-state index in [-0.39, 0.29) is 0 Å². The molecule has 124 valence electrons. The van der Waals surface area contributed by atoms with Crippen molar-refractivity contribution in [1.29, 1.82) is 0 Å². The number of piperazine rings is 1. The molecule has 1 aromatic carbocycles. The van der Waals surface area contributed by atoms with Crippen molar-refractivity contribution < 1.29 is 4.52 Å². The molecule has 0 amide bonds. The Bertz CT molecular complexity index is 797. The van der Waals surface area contributed by atoms with E-state index < -0.39 is 0 Å². The first-order valence-corrected chi connectivity index (χ1v) is 9.18. The van der Waals surface area contributed by atoms with Gasteiger partial charge in [0.2, 0.25) is 11.7 Å². The third kappa shape index (κ3) is 3.45. The number of thiophene rings is 1. The summed E-state index contributed by atoms with van der Waals surface area (Å²) in [7, 11) is 0. The molecule has 5 nitrogen and oxygen atoms in total. The summed E-state index contributed by atoms with van der Waals surface area (Å²) in [4.78, 5) is 9.19. The largest absolute Gasteiger partial charge is 0.369 e. The maximum atomic E-state index is 6.08. The second-order valence-electron chi connectivity index (χ2n) is 5.77. The molecule has 0 radical (unpaired) electrons. The van der Waals surface area contributed by atoms with Gasteiger partial charge in [-0.15, -0.1) is 0 Å². The molecule has 0 N–H and O–H groups in total. The summed E-state index contributed by atoms with van der Waals surface area (Å²) >= 11 is 7.71. The molecule has 2 aromatic heterocycles. The topological polar surface area (TPSA) is 45.4 Å². The van der Waals surface area contributed by atoms with Gasteiger partial charge in [0.25, 0.3) is 0 Å². The van der Waals surface area contributed by atoms with Gasteiger partial charge in [0, 0.05) is 47.8 Å². The summed E-state index contributed by atoms with van der Waals surface area (Å²) in [5.74, 6) is 1.34. The van der Waals surface area contributed by atoms with Crippen LogP contribution in [-0.2, 0) is 6.54 Å². The summed E-state index contributed by atoms with van der Waals surface area (Å²) in [6.07, 6.45) is 0. The molecule has 0 unspecified atom stereocenters. The van der Waals surface area contributed by atoms with E-state index in [4.69, 9.17) is 16.1 Å². The SMILES string of the molecule is Clc1cccc(N2CCN(Cc3nc(-c4ccsc4)no3)CC2)c1. The van der Waals surface area contributed by atoms with Crippen LogP contribution < -0.4 is 4.90 Å². The molecule has 0 saturated carbocycles. The van der Waals surface area contributed by atoms with E-state index in [0.29, 0.717) is 18.3 Å². The van der Waals surface area contributed by atoms with Gasteiger partial charge >= 0.3 is 0 Å². The van der Waals surface area contributed by atoms with E-state index >= 15 is 0 Å². The zero-order valence-electron chi connectivity index (χ0n) is 13.1. The molecular formula is C17H17ClN4OS. The highest BCUT2D eigenvalue weighted by Gasteiger charge is 2.20. The van der Waals surface area contributed by atoms with Crippen LogP contribution in [0.25, 0.3) is 11.4 Å². The van der Waals surface area contributed by atoms with Crippen LogP contribution in [0, 0.1) is 0 Å². The predicted molar refractivity (Wildman–Crippen MR) is 96.6 cm³/mol. The molecule has 0 atom stereocenters. The minimum Gasteiger partial charge on any atom is -0.369 e. The first kappa shape index (κ1) is 15.6. The normalized spacial score (nSPS) is 15.8. The molecule has 0 bridgehead atoms. The van der Waals surface area contributed by atoms with Crippen molar-refractivity contribution in [3.8, 4) is 11.4 Å². The van der Waals surface area contributed by atoms with Gasteiger partial charge < -0.3 is 9.42 Å². The highest BCUT2D eigenvalue weighted by atomic mass is 35.5. The lowest BCUT2D eigenvalue weighted by atomic mass is 10.2. The van der Waals surface area contributed by atoms with Gasteiger partial charge in [-0.25, -0.2) is 0 Å². The van der Waals surface area contributed by atoms with Crippen molar-refractivity contribution in [2.24, 2.45) is 0 Å². The first-order valence-electron chi connectivity index (χ1n) is 7.86. The molecule has 3 heterocycles. The fraction of sp³-hybridized carbons (Fsp3) is 0.294. The predicted octanol–water partition coefficient (Wildman–Crippen LogP) is 3.77. The van der Waals surface area contributed by atoms with E-state index in [2.05, 4.69) is 26.0 Å². The number of hydrogen-bond acceptors (Lipinski definition) is 6. The number of aromatic nitrogens is 2. The fourth-order valence-electron chi connectivity index (χ4n) is 2.86. The number of nitrogens with zero attached hydrogens (tertiary/aromatic N) is 4. The average molecular weight is 361 g/mol. The van der Waals surface area contributed by atoms with Crippen LogP contribution in [0.4, 0.5) is 5.69 Å².